The number of H-pyrrole nitrogens is 1. The van der Waals surface area contributed by atoms with Crippen molar-refractivity contribution in [3.8, 4) is 0 Å². The Hall–Kier alpha value is -4.09. The maximum Gasteiger partial charge on any atom is 0.338 e. The van der Waals surface area contributed by atoms with Gasteiger partial charge in [-0.3, -0.25) is 14.3 Å². The van der Waals surface area contributed by atoms with Gasteiger partial charge < -0.3 is 19.3 Å². The minimum atomic E-state index is -3.04. The molecule has 1 aromatic heterocycles. The lowest BCUT2D eigenvalue weighted by Crippen LogP contribution is -2.47. The Morgan fingerprint density at radius 1 is 0.971 bits per heavy atom. The summed E-state index contributed by atoms with van der Waals surface area (Å²) in [6.07, 6.45) is -4.33. The Labute approximate surface area is 191 Å². The summed E-state index contributed by atoms with van der Waals surface area (Å²) in [5.74, 6) is -4.92. The first-order valence-electron chi connectivity index (χ1n) is 10.1. The molecule has 176 valence electrons. The zero-order chi connectivity index (χ0) is 24.3. The molecule has 1 aliphatic heterocycles. The third-order valence-corrected chi connectivity index (χ3v) is 5.16. The SMILES string of the molecule is O=C(O[C@H]1[C@H](n2ccc(=O)[nH]c2=O)O[C@](F)(CO)[C@H]1OC(=O)c1ccccc1)c1ccccc1. The van der Waals surface area contributed by atoms with Crippen LogP contribution in [0.25, 0.3) is 0 Å². The second-order valence-corrected chi connectivity index (χ2v) is 7.40. The molecular formula is C23H19FN2O8. The monoisotopic (exact) mass is 470 g/mol. The fourth-order valence-corrected chi connectivity index (χ4v) is 3.50. The largest absolute Gasteiger partial charge is 0.450 e. The van der Waals surface area contributed by atoms with Crippen molar-refractivity contribution in [3.63, 3.8) is 0 Å². The number of carbonyl (C=O) groups excluding carboxylic acids is 2. The lowest BCUT2D eigenvalue weighted by molar-refractivity contribution is -0.207. The average molecular weight is 470 g/mol. The Kier molecular flexibility index (Phi) is 6.39. The van der Waals surface area contributed by atoms with Crippen molar-refractivity contribution >= 4 is 11.9 Å². The van der Waals surface area contributed by atoms with Crippen LogP contribution in [0.1, 0.15) is 26.9 Å². The lowest BCUT2D eigenvalue weighted by Gasteiger charge is -2.26. The third-order valence-electron chi connectivity index (χ3n) is 5.16. The van der Waals surface area contributed by atoms with Crippen LogP contribution in [0.2, 0.25) is 0 Å². The van der Waals surface area contributed by atoms with Crippen molar-refractivity contribution in [2.75, 3.05) is 6.61 Å². The van der Waals surface area contributed by atoms with E-state index < -0.39 is 54.1 Å². The molecule has 10 nitrogen and oxygen atoms in total. The van der Waals surface area contributed by atoms with E-state index in [-0.39, 0.29) is 11.1 Å². The zero-order valence-corrected chi connectivity index (χ0v) is 17.5. The van der Waals surface area contributed by atoms with Crippen LogP contribution in [0.15, 0.2) is 82.5 Å². The molecule has 1 saturated heterocycles. The van der Waals surface area contributed by atoms with Crippen LogP contribution >= 0.6 is 0 Å². The number of ether oxygens (including phenoxy) is 3. The van der Waals surface area contributed by atoms with Gasteiger partial charge in [-0.25, -0.2) is 18.8 Å². The summed E-state index contributed by atoms with van der Waals surface area (Å²) in [6.45, 7) is -1.28. The Balaban J connectivity index is 1.75. The number of rotatable bonds is 6. The molecule has 2 aromatic carbocycles. The summed E-state index contributed by atoms with van der Waals surface area (Å²) in [7, 11) is 0. The van der Waals surface area contributed by atoms with E-state index in [1.54, 1.807) is 36.4 Å². The van der Waals surface area contributed by atoms with E-state index in [0.29, 0.717) is 0 Å². The fraction of sp³-hybridized carbons (Fsp3) is 0.217. The molecule has 1 fully saturated rings. The van der Waals surface area contributed by atoms with E-state index in [4.69, 9.17) is 14.2 Å². The Bertz CT molecular complexity index is 1290. The number of esters is 2. The number of aliphatic hydroxyl groups excluding tert-OH is 1. The number of aromatic nitrogens is 2. The zero-order valence-electron chi connectivity index (χ0n) is 17.5. The highest BCUT2D eigenvalue weighted by Crippen LogP contribution is 2.41. The normalized spacial score (nSPS) is 23.9. The molecule has 0 bridgehead atoms. The van der Waals surface area contributed by atoms with Crippen LogP contribution in [-0.2, 0) is 14.2 Å². The molecule has 0 saturated carbocycles. The van der Waals surface area contributed by atoms with Crippen molar-refractivity contribution in [1.29, 1.82) is 0 Å². The number of benzene rings is 2. The molecule has 11 heteroatoms. The molecule has 0 amide bonds. The van der Waals surface area contributed by atoms with Crippen molar-refractivity contribution < 1.29 is 33.3 Å². The highest BCUT2D eigenvalue weighted by Gasteiger charge is 2.61. The molecule has 4 atom stereocenters. The van der Waals surface area contributed by atoms with Gasteiger partial charge in [0.2, 0.25) is 6.10 Å². The number of halogens is 1. The highest BCUT2D eigenvalue weighted by molar-refractivity contribution is 5.90. The molecule has 3 aromatic rings. The van der Waals surface area contributed by atoms with Gasteiger partial charge >= 0.3 is 17.6 Å². The number of aromatic amines is 1. The Morgan fingerprint density at radius 2 is 1.53 bits per heavy atom. The lowest BCUT2D eigenvalue weighted by atomic mass is 10.1. The molecule has 0 unspecified atom stereocenters. The van der Waals surface area contributed by atoms with Crippen LogP contribution in [0.4, 0.5) is 4.39 Å². The summed E-state index contributed by atoms with van der Waals surface area (Å²) in [5.41, 5.74) is -1.55. The number of hydrogen-bond acceptors (Lipinski definition) is 8. The second kappa shape index (κ2) is 9.41. The van der Waals surface area contributed by atoms with Gasteiger partial charge in [-0.1, -0.05) is 36.4 Å². The van der Waals surface area contributed by atoms with E-state index >= 15 is 4.39 Å². The molecular weight excluding hydrogens is 451 g/mol. The van der Waals surface area contributed by atoms with Crippen LogP contribution in [0, 0.1) is 0 Å². The van der Waals surface area contributed by atoms with Gasteiger partial charge in [-0.2, -0.15) is 0 Å². The number of hydrogen-bond donors (Lipinski definition) is 2. The topological polar surface area (TPSA) is 137 Å². The van der Waals surface area contributed by atoms with Gasteiger partial charge in [0.1, 0.15) is 6.61 Å². The summed E-state index contributed by atoms with van der Waals surface area (Å²) in [6, 6.07) is 16.3. The number of nitrogens with one attached hydrogen (secondary N) is 1. The number of carbonyl (C=O) groups is 2. The van der Waals surface area contributed by atoms with Gasteiger partial charge in [0.15, 0.2) is 12.3 Å². The molecule has 0 aliphatic carbocycles. The van der Waals surface area contributed by atoms with Gasteiger partial charge in [0, 0.05) is 12.3 Å². The van der Waals surface area contributed by atoms with Crippen LogP contribution in [0.3, 0.4) is 0 Å². The molecule has 1 aliphatic rings. The predicted octanol–water partition coefficient (Wildman–Crippen LogP) is 1.17. The molecule has 34 heavy (non-hydrogen) atoms. The summed E-state index contributed by atoms with van der Waals surface area (Å²) < 4.78 is 32.5. The first kappa shape index (κ1) is 23.1. The van der Waals surface area contributed by atoms with Gasteiger partial charge in [-0.05, 0) is 24.3 Å². The highest BCUT2D eigenvalue weighted by atomic mass is 19.2. The molecule has 0 spiro atoms. The third kappa shape index (κ3) is 4.51. The molecule has 4 rings (SSSR count). The van der Waals surface area contributed by atoms with Gasteiger partial charge in [-0.15, -0.1) is 0 Å². The molecule has 2 N–H and O–H groups in total. The average Bonchev–Trinajstić information content (AvgIpc) is 3.11. The maximum atomic E-state index is 15.7. The van der Waals surface area contributed by atoms with E-state index in [2.05, 4.69) is 0 Å². The smallest absolute Gasteiger partial charge is 0.338 e. The van der Waals surface area contributed by atoms with Crippen molar-refractivity contribution in [3.05, 3.63) is 105 Å². The summed E-state index contributed by atoms with van der Waals surface area (Å²) in [4.78, 5) is 51.3. The first-order chi connectivity index (χ1) is 16.3. The van der Waals surface area contributed by atoms with Crippen molar-refractivity contribution in [2.45, 2.75) is 24.3 Å². The number of alkyl halides is 1. The minimum Gasteiger partial charge on any atom is -0.450 e. The number of aliphatic hydroxyl groups is 1. The fourth-order valence-electron chi connectivity index (χ4n) is 3.50. The minimum absolute atomic E-state index is 0.0700. The quantitative estimate of drug-likeness (QED) is 0.513. The Morgan fingerprint density at radius 3 is 2.06 bits per heavy atom. The van der Waals surface area contributed by atoms with Crippen LogP contribution < -0.4 is 11.2 Å². The van der Waals surface area contributed by atoms with Gasteiger partial charge in [0.25, 0.3) is 11.4 Å². The first-order valence-corrected chi connectivity index (χ1v) is 10.1. The second-order valence-electron chi connectivity index (χ2n) is 7.40. The standard InChI is InChI=1S/C23H19FN2O8/c24-23(13-27)18(33-21(30)15-9-5-2-6-10-15)17(32-20(29)14-7-3-1-4-8-14)19(34-23)26-12-11-16(28)25-22(26)31/h1-12,17-19,27H,13H2,(H,25,28,31)/t17-,18+,19-,23-/m1/s1. The molecule has 2 heterocycles. The summed E-state index contributed by atoms with van der Waals surface area (Å²) in [5, 5.41) is 9.75. The van der Waals surface area contributed by atoms with E-state index in [9.17, 15) is 24.3 Å². The van der Waals surface area contributed by atoms with E-state index in [1.165, 1.54) is 24.3 Å². The van der Waals surface area contributed by atoms with E-state index in [1.807, 2.05) is 4.98 Å². The van der Waals surface area contributed by atoms with Crippen molar-refractivity contribution in [1.82, 2.24) is 9.55 Å². The van der Waals surface area contributed by atoms with Crippen molar-refractivity contribution in [2.24, 2.45) is 0 Å². The number of nitrogens with zero attached hydrogens (tertiary/aromatic N) is 1. The van der Waals surface area contributed by atoms with Crippen LogP contribution in [-0.4, -0.2) is 51.3 Å². The van der Waals surface area contributed by atoms with E-state index in [0.717, 1.165) is 16.8 Å². The predicted molar refractivity (Wildman–Crippen MR) is 114 cm³/mol. The summed E-state index contributed by atoms with van der Waals surface area (Å²) >= 11 is 0. The molecule has 0 radical (unpaired) electrons. The van der Waals surface area contributed by atoms with Crippen LogP contribution in [0.5, 0.6) is 0 Å². The maximum absolute atomic E-state index is 15.7. The van der Waals surface area contributed by atoms with Gasteiger partial charge in [0.05, 0.1) is 11.1 Å².